The van der Waals surface area contributed by atoms with Crippen molar-refractivity contribution >= 4 is 135 Å². The summed E-state index contributed by atoms with van der Waals surface area (Å²) in [4.78, 5) is 0. The fraction of sp³-hybridized carbons (Fsp3) is 0.283. The van der Waals surface area contributed by atoms with E-state index in [0.29, 0.717) is 0 Å². The Bertz CT molecular complexity index is 5660. The molecule has 0 unspecified atom stereocenters. The largest absolute Gasteiger partial charge is 0.344 e. The average molecular weight is 1560 g/mol. The maximum atomic E-state index is 5.48. The zero-order chi connectivity index (χ0) is 80.6. The van der Waals surface area contributed by atoms with Gasteiger partial charge in [-0.15, -0.1) is 0 Å². The van der Waals surface area contributed by atoms with Crippen LogP contribution >= 0.6 is 0 Å². The van der Waals surface area contributed by atoms with Gasteiger partial charge in [-0.1, -0.05) is 281 Å². The van der Waals surface area contributed by atoms with Gasteiger partial charge in [0, 0.05) is 127 Å². The zero-order valence-electron chi connectivity index (χ0n) is 69.9. The van der Waals surface area contributed by atoms with Crippen LogP contribution in [-0.4, -0.2) is 62.4 Å². The van der Waals surface area contributed by atoms with Crippen molar-refractivity contribution < 1.29 is 0 Å². The number of fused-ring (bicyclic) bond motifs is 12. The van der Waals surface area contributed by atoms with Gasteiger partial charge in [0.2, 0.25) is 0 Å². The van der Waals surface area contributed by atoms with Crippen molar-refractivity contribution in [3.05, 3.63) is 313 Å². The Morgan fingerprint density at radius 1 is 0.254 bits per heavy atom. The second-order valence-electron chi connectivity index (χ2n) is 31.8. The van der Waals surface area contributed by atoms with E-state index in [-0.39, 0.29) is 6.17 Å². The lowest BCUT2D eigenvalue weighted by molar-refractivity contribution is 0.491. The van der Waals surface area contributed by atoms with E-state index in [1.165, 1.54) is 190 Å². The summed E-state index contributed by atoms with van der Waals surface area (Å²) >= 11 is 0. The van der Waals surface area contributed by atoms with Gasteiger partial charge in [0.25, 0.3) is 0 Å². The summed E-state index contributed by atoms with van der Waals surface area (Å²) in [6, 6.07) is 104. The first-order valence-electron chi connectivity index (χ1n) is 43.8. The lowest BCUT2D eigenvalue weighted by Crippen LogP contribution is -2.44. The minimum atomic E-state index is -0.195. The van der Waals surface area contributed by atoms with Crippen LogP contribution in [0.25, 0.3) is 87.2 Å². The smallest absolute Gasteiger partial charge is 0.144 e. The van der Waals surface area contributed by atoms with Gasteiger partial charge in [0.1, 0.15) is 6.17 Å². The Hall–Kier alpha value is -12.3. The van der Waals surface area contributed by atoms with Crippen LogP contribution in [-0.2, 0) is 27.2 Å². The Morgan fingerprint density at radius 3 is 0.898 bits per heavy atom. The molecule has 12 nitrogen and oxygen atoms in total. The number of rotatable bonds is 39. The topological polar surface area (TPSA) is 82.1 Å². The van der Waals surface area contributed by atoms with Crippen molar-refractivity contribution in [3.63, 3.8) is 0 Å². The standard InChI is InChI=1S/C62H76N6.C44H40N6/c1-4-7-10-13-14-15-24-39-62(67(52-31-20-18-21-32-52)63-48-50-40-42-60-56(46-50)54-35-25-27-37-58(54)65(60)44-29-16-11-8-5-2)68(53-33-22-19-23-34-53)64-49-51-41-43-61-57(47-51)55-36-26-28-38-59(55)66(61)45-30-17-12-9-6-3;1-47-41-21-11-9-19-37(41)39-29-33(23-25-43(39)47)31-45-49(35-15-5-3-6-16-35)27-13-14-28-50(36-17-7-4-8-18-36)46-32-34-24-26-44-40(30-34)38-20-10-12-22-42(38)48(44)2/h18-23,25-28,31-38,40-43,46-49,62H,4-17,24,29-30,39,44-45H2,1-3H3;3-12,15-26,29-32H,13-14,27-28H2,1-2H3/b63-48-,64-49-;45-31-,46-32-. The van der Waals surface area contributed by atoms with Gasteiger partial charge in [-0.25, -0.2) is 10.0 Å². The van der Waals surface area contributed by atoms with E-state index in [1.54, 1.807) is 0 Å². The van der Waals surface area contributed by atoms with Crippen LogP contribution in [0, 0.1) is 0 Å². The minimum Gasteiger partial charge on any atom is -0.344 e. The van der Waals surface area contributed by atoms with E-state index in [4.69, 9.17) is 20.4 Å². The van der Waals surface area contributed by atoms with Crippen LogP contribution < -0.4 is 20.0 Å². The Morgan fingerprint density at radius 2 is 0.525 bits per heavy atom. The normalized spacial score (nSPS) is 12.0. The highest BCUT2D eigenvalue weighted by Gasteiger charge is 2.27. The molecule has 12 aromatic carbocycles. The number of unbranched alkanes of at least 4 members (excludes halogenated alkanes) is 15. The molecule has 0 aliphatic carbocycles. The van der Waals surface area contributed by atoms with E-state index < -0.39 is 0 Å². The summed E-state index contributed by atoms with van der Waals surface area (Å²) < 4.78 is 9.59. The van der Waals surface area contributed by atoms with Crippen LogP contribution in [0.5, 0.6) is 0 Å². The number of hydrogen-bond acceptors (Lipinski definition) is 8. The van der Waals surface area contributed by atoms with Crippen LogP contribution in [0.3, 0.4) is 0 Å². The monoisotopic (exact) mass is 1560 g/mol. The molecule has 0 radical (unpaired) electrons. The highest BCUT2D eigenvalue weighted by Crippen LogP contribution is 2.36. The van der Waals surface area contributed by atoms with Gasteiger partial charge in [0.05, 0.1) is 47.6 Å². The Kier molecular flexibility index (Phi) is 27.8. The molecule has 0 bridgehead atoms. The summed E-state index contributed by atoms with van der Waals surface area (Å²) in [7, 11) is 4.26. The number of anilines is 4. The number of hydrogen-bond donors (Lipinski definition) is 0. The number of benzene rings is 12. The number of aryl methyl sites for hydroxylation is 4. The van der Waals surface area contributed by atoms with Gasteiger partial charge in [0.15, 0.2) is 0 Å². The van der Waals surface area contributed by atoms with E-state index in [1.807, 2.05) is 24.6 Å². The molecule has 0 aliphatic heterocycles. The third-order valence-electron chi connectivity index (χ3n) is 23.6. The molecule has 118 heavy (non-hydrogen) atoms. The van der Waals surface area contributed by atoms with Gasteiger partial charge in [-0.05, 0) is 182 Å². The summed E-state index contributed by atoms with van der Waals surface area (Å²) in [6.45, 7) is 10.5. The summed E-state index contributed by atoms with van der Waals surface area (Å²) in [5.74, 6) is 0. The van der Waals surface area contributed by atoms with Crippen molar-refractivity contribution in [2.75, 3.05) is 33.1 Å². The molecule has 12 heteroatoms. The number of hydrazone groups is 4. The zero-order valence-corrected chi connectivity index (χ0v) is 69.9. The van der Waals surface area contributed by atoms with Gasteiger partial charge in [-0.2, -0.15) is 20.4 Å². The SMILES string of the molecule is CCCCCCCCCC(N(/N=C\c1ccc2c(c1)c1ccccc1n2CCCCCCC)c1ccccc1)N(/N=C\c1ccc2c(c1)c1ccccc1n2CCCCCCC)c1ccccc1.Cn1c2ccccc2c2cc(/C=N\N(CCCCN(/N=C\c3ccc4c(c3)c3ccccc3n4C)c3ccccc3)c3ccccc3)ccc21. The average Bonchev–Trinajstić information content (AvgIpc) is 1.64. The van der Waals surface area contributed by atoms with Crippen molar-refractivity contribution in [1.29, 1.82) is 0 Å². The molecular weight excluding hydrogens is 1440 g/mol. The van der Waals surface area contributed by atoms with Crippen LogP contribution in [0.2, 0.25) is 0 Å². The molecule has 0 spiro atoms. The molecule has 16 aromatic rings. The van der Waals surface area contributed by atoms with Crippen LogP contribution in [0.4, 0.5) is 22.7 Å². The molecule has 0 aliphatic rings. The molecule has 0 saturated heterocycles. The predicted octanol–water partition coefficient (Wildman–Crippen LogP) is 27.8. The van der Waals surface area contributed by atoms with E-state index in [2.05, 4.69) is 365 Å². The molecule has 600 valence electrons. The quantitative estimate of drug-likeness (QED) is 0.0166. The fourth-order valence-corrected chi connectivity index (χ4v) is 17.2. The molecule has 16 rings (SSSR count). The van der Waals surface area contributed by atoms with E-state index in [9.17, 15) is 0 Å². The fourth-order valence-electron chi connectivity index (χ4n) is 17.2. The van der Waals surface area contributed by atoms with Crippen LogP contribution in [0.15, 0.2) is 312 Å². The molecule has 0 amide bonds. The van der Waals surface area contributed by atoms with Gasteiger partial charge in [-0.3, -0.25) is 10.0 Å². The minimum absolute atomic E-state index is 0.195. The molecule has 0 atom stereocenters. The molecule has 4 heterocycles. The molecule has 0 N–H and O–H groups in total. The highest BCUT2D eigenvalue weighted by molar-refractivity contribution is 6.13. The van der Waals surface area contributed by atoms with E-state index >= 15 is 0 Å². The predicted molar refractivity (Wildman–Crippen MR) is 509 cm³/mol. The lowest BCUT2D eigenvalue weighted by Gasteiger charge is -2.36. The second kappa shape index (κ2) is 40.5. The maximum absolute atomic E-state index is 5.48. The van der Waals surface area contributed by atoms with Crippen LogP contribution in [0.1, 0.15) is 171 Å². The van der Waals surface area contributed by atoms with Crippen molar-refractivity contribution in [2.24, 2.45) is 34.5 Å². The lowest BCUT2D eigenvalue weighted by atomic mass is 10.1. The number of aromatic nitrogens is 4. The number of nitrogens with zero attached hydrogens (tertiary/aromatic N) is 12. The third-order valence-corrected chi connectivity index (χ3v) is 23.6. The molecule has 4 aromatic heterocycles. The van der Waals surface area contributed by atoms with Crippen molar-refractivity contribution in [1.82, 2.24) is 18.3 Å². The van der Waals surface area contributed by atoms with Crippen molar-refractivity contribution in [3.8, 4) is 0 Å². The third kappa shape index (κ3) is 19.4. The van der Waals surface area contributed by atoms with E-state index in [0.717, 1.165) is 96.9 Å². The van der Waals surface area contributed by atoms with Gasteiger partial charge < -0.3 is 18.3 Å². The summed E-state index contributed by atoms with van der Waals surface area (Å²) in [5.41, 5.74) is 18.7. The first-order valence-corrected chi connectivity index (χ1v) is 43.8. The number of para-hydroxylation sites is 8. The molecule has 0 saturated carbocycles. The molecular formula is C106H116N12. The molecule has 0 fully saturated rings. The van der Waals surface area contributed by atoms with Gasteiger partial charge >= 0.3 is 0 Å². The second-order valence-corrected chi connectivity index (χ2v) is 31.8. The first kappa shape index (κ1) is 80.9. The highest BCUT2D eigenvalue weighted by atomic mass is 15.6. The first-order chi connectivity index (χ1) is 58.3. The summed E-state index contributed by atoms with van der Waals surface area (Å²) in [6.07, 6.45) is 32.1. The Balaban J connectivity index is 0.000000193. The van der Waals surface area contributed by atoms with Crippen molar-refractivity contribution in [2.45, 2.75) is 168 Å². The maximum Gasteiger partial charge on any atom is 0.144 e. The Labute approximate surface area is 698 Å². The summed E-state index contributed by atoms with van der Waals surface area (Å²) in [5, 5.41) is 39.9.